The maximum absolute atomic E-state index is 12.3. The molecule has 146 valence electrons. The average molecular weight is 400 g/mol. The molecule has 28 heavy (non-hydrogen) atoms. The van der Waals surface area contributed by atoms with Gasteiger partial charge in [0.2, 0.25) is 5.91 Å². The summed E-state index contributed by atoms with van der Waals surface area (Å²) in [7, 11) is 3.07. The van der Waals surface area contributed by atoms with Crippen LogP contribution in [0.5, 0.6) is 11.5 Å². The number of carbonyl (C=O) groups excluding carboxylic acids is 3. The molecule has 7 nitrogen and oxygen atoms in total. The van der Waals surface area contributed by atoms with Gasteiger partial charge < -0.3 is 14.8 Å². The Morgan fingerprint density at radius 2 is 1.64 bits per heavy atom. The van der Waals surface area contributed by atoms with Crippen molar-refractivity contribution in [2.45, 2.75) is 0 Å². The molecule has 0 spiro atoms. The Bertz CT molecular complexity index is 880. The minimum absolute atomic E-state index is 0.181. The first-order valence-electron chi connectivity index (χ1n) is 8.60. The monoisotopic (exact) mass is 400 g/mol. The van der Waals surface area contributed by atoms with Crippen molar-refractivity contribution in [3.8, 4) is 11.5 Å². The highest BCUT2D eigenvalue weighted by molar-refractivity contribution is 7.99. The smallest absolute Gasteiger partial charge is 0.261 e. The minimum atomic E-state index is -0.282. The van der Waals surface area contributed by atoms with E-state index < -0.39 is 0 Å². The molecule has 0 unspecified atom stereocenters. The number of amides is 3. The zero-order chi connectivity index (χ0) is 20.1. The molecule has 0 radical (unpaired) electrons. The molecule has 1 aliphatic rings. The van der Waals surface area contributed by atoms with Crippen LogP contribution < -0.4 is 14.8 Å². The molecular weight excluding hydrogens is 380 g/mol. The number of ether oxygens (including phenoxy) is 2. The number of fused-ring (bicyclic) bond motifs is 1. The highest BCUT2D eigenvalue weighted by Crippen LogP contribution is 2.29. The van der Waals surface area contributed by atoms with Gasteiger partial charge in [-0.25, -0.2) is 0 Å². The van der Waals surface area contributed by atoms with E-state index >= 15 is 0 Å². The van der Waals surface area contributed by atoms with E-state index in [0.29, 0.717) is 34.1 Å². The lowest BCUT2D eigenvalue weighted by atomic mass is 10.1. The van der Waals surface area contributed by atoms with Crippen LogP contribution in [0.4, 0.5) is 5.69 Å². The fourth-order valence-electron chi connectivity index (χ4n) is 2.87. The van der Waals surface area contributed by atoms with Crippen molar-refractivity contribution in [2.75, 3.05) is 37.6 Å². The standard InChI is InChI=1S/C20H20N2O5S/c1-26-16-8-7-13(11-17(16)27-2)21-18(23)12-28-10-9-22-19(24)14-5-3-4-6-15(14)20(22)25/h3-8,11H,9-10,12H2,1-2H3,(H,21,23). The molecule has 0 aliphatic carbocycles. The van der Waals surface area contributed by atoms with E-state index in [9.17, 15) is 14.4 Å². The summed E-state index contributed by atoms with van der Waals surface area (Å²) < 4.78 is 10.4. The van der Waals surface area contributed by atoms with E-state index in [1.54, 1.807) is 49.6 Å². The predicted molar refractivity (Wildman–Crippen MR) is 107 cm³/mol. The summed E-state index contributed by atoms with van der Waals surface area (Å²) >= 11 is 1.35. The van der Waals surface area contributed by atoms with Crippen LogP contribution >= 0.6 is 11.8 Å². The van der Waals surface area contributed by atoms with Crippen LogP contribution in [0.2, 0.25) is 0 Å². The predicted octanol–water partition coefficient (Wildman–Crippen LogP) is 2.67. The number of benzene rings is 2. The maximum atomic E-state index is 12.3. The highest BCUT2D eigenvalue weighted by Gasteiger charge is 2.34. The van der Waals surface area contributed by atoms with E-state index in [2.05, 4.69) is 5.32 Å². The van der Waals surface area contributed by atoms with Gasteiger partial charge in [0.1, 0.15) is 0 Å². The number of nitrogens with one attached hydrogen (secondary N) is 1. The first kappa shape index (κ1) is 19.8. The van der Waals surface area contributed by atoms with E-state index in [1.165, 1.54) is 23.8 Å². The van der Waals surface area contributed by atoms with Gasteiger partial charge in [0, 0.05) is 24.1 Å². The van der Waals surface area contributed by atoms with Crippen molar-refractivity contribution in [1.29, 1.82) is 0 Å². The Kier molecular flexibility index (Phi) is 6.20. The number of thioether (sulfide) groups is 1. The highest BCUT2D eigenvalue weighted by atomic mass is 32.2. The Labute approximate surface area is 167 Å². The molecule has 2 aromatic carbocycles. The fraction of sp³-hybridized carbons (Fsp3) is 0.250. The molecule has 1 N–H and O–H groups in total. The molecule has 3 rings (SSSR count). The van der Waals surface area contributed by atoms with Crippen LogP contribution in [0.3, 0.4) is 0 Å². The molecule has 0 aromatic heterocycles. The minimum Gasteiger partial charge on any atom is -0.493 e. The summed E-state index contributed by atoms with van der Waals surface area (Å²) in [4.78, 5) is 37.9. The Morgan fingerprint density at radius 1 is 1.00 bits per heavy atom. The van der Waals surface area contributed by atoms with Gasteiger partial charge in [0.25, 0.3) is 11.8 Å². The maximum Gasteiger partial charge on any atom is 0.261 e. The quantitative estimate of drug-likeness (QED) is 0.542. The molecule has 0 atom stereocenters. The van der Waals surface area contributed by atoms with Crippen molar-refractivity contribution in [3.05, 3.63) is 53.6 Å². The number of nitrogens with zero attached hydrogens (tertiary/aromatic N) is 1. The Balaban J connectivity index is 1.46. The molecule has 2 aromatic rings. The van der Waals surface area contributed by atoms with Crippen molar-refractivity contribution >= 4 is 35.2 Å². The van der Waals surface area contributed by atoms with Crippen LogP contribution in [-0.2, 0) is 4.79 Å². The summed E-state index contributed by atoms with van der Waals surface area (Å²) in [5.74, 6) is 1.04. The van der Waals surface area contributed by atoms with Gasteiger partial charge in [-0.1, -0.05) is 12.1 Å². The number of rotatable bonds is 8. The number of carbonyl (C=O) groups is 3. The van der Waals surface area contributed by atoms with Gasteiger partial charge in [-0.15, -0.1) is 0 Å². The second kappa shape index (κ2) is 8.79. The summed E-state index contributed by atoms with van der Waals surface area (Å²) in [5, 5.41) is 2.79. The van der Waals surface area contributed by atoms with Crippen LogP contribution in [0.15, 0.2) is 42.5 Å². The van der Waals surface area contributed by atoms with Gasteiger partial charge in [0.15, 0.2) is 11.5 Å². The molecule has 8 heteroatoms. The SMILES string of the molecule is COc1ccc(NC(=O)CSCCN2C(=O)c3ccccc3C2=O)cc1OC. The lowest BCUT2D eigenvalue weighted by Gasteiger charge is -2.13. The molecular formula is C20H20N2O5S. The first-order valence-corrected chi connectivity index (χ1v) is 9.75. The molecule has 0 saturated carbocycles. The van der Waals surface area contributed by atoms with Crippen LogP contribution in [-0.4, -0.2) is 54.9 Å². The summed E-state index contributed by atoms with van der Waals surface area (Å²) in [6.45, 7) is 0.265. The molecule has 0 saturated heterocycles. The van der Waals surface area contributed by atoms with Crippen LogP contribution in [0.25, 0.3) is 0 Å². The lowest BCUT2D eigenvalue weighted by Crippen LogP contribution is -2.32. The number of imide groups is 1. The largest absolute Gasteiger partial charge is 0.493 e. The third kappa shape index (κ3) is 4.12. The lowest BCUT2D eigenvalue weighted by molar-refractivity contribution is -0.113. The van der Waals surface area contributed by atoms with Crippen molar-refractivity contribution in [1.82, 2.24) is 4.90 Å². The first-order chi connectivity index (χ1) is 13.5. The van der Waals surface area contributed by atoms with Crippen LogP contribution in [0, 0.1) is 0 Å². The third-order valence-electron chi connectivity index (χ3n) is 4.24. The second-order valence-electron chi connectivity index (χ2n) is 5.98. The zero-order valence-electron chi connectivity index (χ0n) is 15.6. The number of anilines is 1. The van der Waals surface area contributed by atoms with E-state index in [0.717, 1.165) is 0 Å². The third-order valence-corrected chi connectivity index (χ3v) is 5.18. The molecule has 3 amide bonds. The molecule has 0 fully saturated rings. The van der Waals surface area contributed by atoms with Gasteiger partial charge in [0.05, 0.1) is 31.1 Å². The van der Waals surface area contributed by atoms with Gasteiger partial charge in [-0.2, -0.15) is 11.8 Å². The van der Waals surface area contributed by atoms with E-state index in [4.69, 9.17) is 9.47 Å². The van der Waals surface area contributed by atoms with Gasteiger partial charge >= 0.3 is 0 Å². The van der Waals surface area contributed by atoms with E-state index in [-0.39, 0.29) is 30.0 Å². The molecule has 0 bridgehead atoms. The summed E-state index contributed by atoms with van der Waals surface area (Å²) in [5.41, 5.74) is 1.47. The molecule has 1 heterocycles. The Hall–Kier alpha value is -3.00. The van der Waals surface area contributed by atoms with Gasteiger partial charge in [-0.05, 0) is 24.3 Å². The van der Waals surface area contributed by atoms with Crippen molar-refractivity contribution < 1.29 is 23.9 Å². The van der Waals surface area contributed by atoms with Gasteiger partial charge in [-0.3, -0.25) is 19.3 Å². The topological polar surface area (TPSA) is 84.9 Å². The summed E-state index contributed by atoms with van der Waals surface area (Å²) in [6.07, 6.45) is 0. The molecule has 1 aliphatic heterocycles. The normalized spacial score (nSPS) is 12.7. The zero-order valence-corrected chi connectivity index (χ0v) is 16.4. The number of hydrogen-bond donors (Lipinski definition) is 1. The number of methoxy groups -OCH3 is 2. The number of hydrogen-bond acceptors (Lipinski definition) is 6. The fourth-order valence-corrected chi connectivity index (χ4v) is 3.59. The van der Waals surface area contributed by atoms with Crippen LogP contribution in [0.1, 0.15) is 20.7 Å². The summed E-state index contributed by atoms with van der Waals surface area (Å²) in [6, 6.07) is 11.9. The van der Waals surface area contributed by atoms with Crippen molar-refractivity contribution in [2.24, 2.45) is 0 Å². The Morgan fingerprint density at radius 3 is 2.25 bits per heavy atom. The van der Waals surface area contributed by atoms with Crippen molar-refractivity contribution in [3.63, 3.8) is 0 Å². The van der Waals surface area contributed by atoms with E-state index in [1.807, 2.05) is 0 Å². The second-order valence-corrected chi connectivity index (χ2v) is 7.08. The average Bonchev–Trinajstić information content (AvgIpc) is 2.96.